The molecule has 0 atom stereocenters. The number of carbonyl (C=O) groups is 1. The Hall–Kier alpha value is -2.34. The Morgan fingerprint density at radius 1 is 1.04 bits per heavy atom. The van der Waals surface area contributed by atoms with Crippen molar-refractivity contribution in [2.75, 3.05) is 31.8 Å². The number of methoxy groups -OCH3 is 1. The largest absolute Gasteiger partial charge is 0.497 e. The number of rotatable bonds is 11. The molecule has 0 bridgehead atoms. The summed E-state index contributed by atoms with van der Waals surface area (Å²) in [4.78, 5) is 11.9. The molecule has 5 nitrogen and oxygen atoms in total. The van der Waals surface area contributed by atoms with Gasteiger partial charge in [-0.3, -0.25) is 4.79 Å². The van der Waals surface area contributed by atoms with E-state index in [0.29, 0.717) is 25.5 Å². The van der Waals surface area contributed by atoms with Crippen molar-refractivity contribution in [3.05, 3.63) is 54.1 Å². The Balaban J connectivity index is 1.58. The predicted molar refractivity (Wildman–Crippen MR) is 105 cm³/mol. The molecular formula is C20H25NO4S. The van der Waals surface area contributed by atoms with Crippen LogP contribution in [0.3, 0.4) is 0 Å². The minimum absolute atomic E-state index is 0.0129. The third kappa shape index (κ3) is 7.27. The van der Waals surface area contributed by atoms with Gasteiger partial charge in [0.1, 0.15) is 17.2 Å². The molecule has 0 radical (unpaired) electrons. The van der Waals surface area contributed by atoms with E-state index in [2.05, 4.69) is 5.32 Å². The third-order valence-electron chi connectivity index (χ3n) is 3.49. The fourth-order valence-corrected chi connectivity index (χ4v) is 2.85. The van der Waals surface area contributed by atoms with Crippen LogP contribution in [0.1, 0.15) is 12.5 Å². The molecule has 0 aliphatic carbocycles. The second kappa shape index (κ2) is 11.3. The van der Waals surface area contributed by atoms with Crippen LogP contribution in [0.4, 0.5) is 0 Å². The summed E-state index contributed by atoms with van der Waals surface area (Å²) in [5.74, 6) is 3.60. The SMILES string of the molecule is CCOc1ccc(OCCSCC(=O)NCc2cccc(OC)c2)cc1. The van der Waals surface area contributed by atoms with Crippen LogP contribution in [0, 0.1) is 0 Å². The molecule has 0 aromatic heterocycles. The summed E-state index contributed by atoms with van der Waals surface area (Å²) >= 11 is 1.55. The highest BCUT2D eigenvalue weighted by atomic mass is 32.2. The predicted octanol–water partition coefficient (Wildman–Crippen LogP) is 3.52. The summed E-state index contributed by atoms with van der Waals surface area (Å²) in [6.45, 7) is 3.66. The topological polar surface area (TPSA) is 56.8 Å². The Morgan fingerprint density at radius 3 is 2.46 bits per heavy atom. The van der Waals surface area contributed by atoms with Crippen molar-refractivity contribution in [2.24, 2.45) is 0 Å². The van der Waals surface area contributed by atoms with Gasteiger partial charge in [0.2, 0.25) is 5.91 Å². The number of hydrogen-bond donors (Lipinski definition) is 1. The maximum absolute atomic E-state index is 11.9. The summed E-state index contributed by atoms with van der Waals surface area (Å²) in [6, 6.07) is 15.2. The molecule has 2 aromatic carbocycles. The number of amides is 1. The molecule has 0 spiro atoms. The maximum Gasteiger partial charge on any atom is 0.230 e. The first-order valence-corrected chi connectivity index (χ1v) is 9.69. The molecule has 1 amide bonds. The average Bonchev–Trinajstić information content (AvgIpc) is 2.68. The quantitative estimate of drug-likeness (QED) is 0.609. The minimum atomic E-state index is 0.0129. The minimum Gasteiger partial charge on any atom is -0.497 e. The molecular weight excluding hydrogens is 350 g/mol. The normalized spacial score (nSPS) is 10.2. The van der Waals surface area contributed by atoms with Gasteiger partial charge < -0.3 is 19.5 Å². The lowest BCUT2D eigenvalue weighted by atomic mass is 10.2. The lowest BCUT2D eigenvalue weighted by Gasteiger charge is -2.08. The lowest BCUT2D eigenvalue weighted by Crippen LogP contribution is -2.25. The molecule has 1 N–H and O–H groups in total. The second-order valence-corrected chi connectivity index (χ2v) is 6.54. The average molecular weight is 375 g/mol. The fraction of sp³-hybridized carbons (Fsp3) is 0.350. The van der Waals surface area contributed by atoms with Crippen molar-refractivity contribution in [2.45, 2.75) is 13.5 Å². The van der Waals surface area contributed by atoms with Gasteiger partial charge in [0.15, 0.2) is 0 Å². The van der Waals surface area contributed by atoms with Crippen LogP contribution in [0.2, 0.25) is 0 Å². The van der Waals surface area contributed by atoms with Crippen LogP contribution in [-0.4, -0.2) is 37.7 Å². The highest BCUT2D eigenvalue weighted by Gasteiger charge is 2.03. The van der Waals surface area contributed by atoms with Gasteiger partial charge in [-0.15, -0.1) is 11.8 Å². The van der Waals surface area contributed by atoms with E-state index in [-0.39, 0.29) is 5.91 Å². The Bertz CT molecular complexity index is 676. The molecule has 2 rings (SSSR count). The van der Waals surface area contributed by atoms with Gasteiger partial charge in [-0.25, -0.2) is 0 Å². The van der Waals surface area contributed by atoms with E-state index in [4.69, 9.17) is 14.2 Å². The molecule has 0 heterocycles. The van der Waals surface area contributed by atoms with Gasteiger partial charge in [0.25, 0.3) is 0 Å². The fourth-order valence-electron chi connectivity index (χ4n) is 2.22. The first-order valence-electron chi connectivity index (χ1n) is 8.54. The van der Waals surface area contributed by atoms with Crippen molar-refractivity contribution >= 4 is 17.7 Å². The number of ether oxygens (including phenoxy) is 3. The van der Waals surface area contributed by atoms with Crippen molar-refractivity contribution in [3.63, 3.8) is 0 Å². The van der Waals surface area contributed by atoms with Crippen LogP contribution in [-0.2, 0) is 11.3 Å². The van der Waals surface area contributed by atoms with Crippen LogP contribution < -0.4 is 19.5 Å². The van der Waals surface area contributed by atoms with Gasteiger partial charge in [-0.1, -0.05) is 12.1 Å². The Labute approximate surface area is 159 Å². The second-order valence-electron chi connectivity index (χ2n) is 5.43. The van der Waals surface area contributed by atoms with E-state index < -0.39 is 0 Å². The van der Waals surface area contributed by atoms with E-state index in [9.17, 15) is 4.79 Å². The standard InChI is InChI=1S/C20H25NO4S/c1-3-24-17-7-9-18(10-8-17)25-11-12-26-15-20(22)21-14-16-5-4-6-19(13-16)23-2/h4-10,13H,3,11-12,14-15H2,1-2H3,(H,21,22). The number of benzene rings is 2. The summed E-state index contributed by atoms with van der Waals surface area (Å²) in [6.07, 6.45) is 0. The molecule has 6 heteroatoms. The first-order chi connectivity index (χ1) is 12.7. The van der Waals surface area contributed by atoms with Gasteiger partial charge in [0, 0.05) is 12.3 Å². The van der Waals surface area contributed by atoms with E-state index >= 15 is 0 Å². The van der Waals surface area contributed by atoms with Crippen LogP contribution >= 0.6 is 11.8 Å². The van der Waals surface area contributed by atoms with Gasteiger partial charge >= 0.3 is 0 Å². The number of thioether (sulfide) groups is 1. The maximum atomic E-state index is 11.9. The van der Waals surface area contributed by atoms with Crippen LogP contribution in [0.25, 0.3) is 0 Å². The number of hydrogen-bond acceptors (Lipinski definition) is 5. The summed E-state index contributed by atoms with van der Waals surface area (Å²) in [5, 5.41) is 2.91. The number of nitrogens with one attached hydrogen (secondary N) is 1. The number of carbonyl (C=O) groups excluding carboxylic acids is 1. The first kappa shape index (κ1) is 20.0. The van der Waals surface area contributed by atoms with E-state index in [0.717, 1.165) is 28.6 Å². The van der Waals surface area contributed by atoms with Gasteiger partial charge in [0.05, 0.1) is 26.1 Å². The zero-order valence-electron chi connectivity index (χ0n) is 15.2. The Morgan fingerprint density at radius 2 is 1.77 bits per heavy atom. The lowest BCUT2D eigenvalue weighted by molar-refractivity contribution is -0.118. The zero-order valence-corrected chi connectivity index (χ0v) is 16.0. The van der Waals surface area contributed by atoms with Crippen molar-refractivity contribution in [1.82, 2.24) is 5.32 Å². The molecule has 140 valence electrons. The van der Waals surface area contributed by atoms with Gasteiger partial charge in [-0.2, -0.15) is 0 Å². The molecule has 2 aromatic rings. The molecule has 26 heavy (non-hydrogen) atoms. The van der Waals surface area contributed by atoms with Gasteiger partial charge in [-0.05, 0) is 48.9 Å². The monoisotopic (exact) mass is 375 g/mol. The van der Waals surface area contributed by atoms with Crippen molar-refractivity contribution < 1.29 is 19.0 Å². The summed E-state index contributed by atoms with van der Waals surface area (Å²) in [5.41, 5.74) is 1.02. The smallest absolute Gasteiger partial charge is 0.230 e. The summed E-state index contributed by atoms with van der Waals surface area (Å²) in [7, 11) is 1.63. The van der Waals surface area contributed by atoms with Crippen LogP contribution in [0.15, 0.2) is 48.5 Å². The molecule has 0 saturated heterocycles. The Kier molecular flexibility index (Phi) is 8.69. The third-order valence-corrected chi connectivity index (χ3v) is 4.41. The highest BCUT2D eigenvalue weighted by Crippen LogP contribution is 2.17. The van der Waals surface area contributed by atoms with Crippen molar-refractivity contribution in [1.29, 1.82) is 0 Å². The molecule has 0 aliphatic rings. The van der Waals surface area contributed by atoms with E-state index in [1.165, 1.54) is 0 Å². The summed E-state index contributed by atoms with van der Waals surface area (Å²) < 4.78 is 16.2. The zero-order chi connectivity index (χ0) is 18.6. The van der Waals surface area contributed by atoms with Crippen LogP contribution in [0.5, 0.6) is 17.2 Å². The molecule has 0 aliphatic heterocycles. The van der Waals surface area contributed by atoms with E-state index in [1.54, 1.807) is 18.9 Å². The van der Waals surface area contributed by atoms with Crippen molar-refractivity contribution in [3.8, 4) is 17.2 Å². The highest BCUT2D eigenvalue weighted by molar-refractivity contribution is 7.99. The molecule has 0 fully saturated rings. The molecule has 0 unspecified atom stereocenters. The van der Waals surface area contributed by atoms with E-state index in [1.807, 2.05) is 55.5 Å². The molecule has 0 saturated carbocycles.